The zero-order valence-electron chi connectivity index (χ0n) is 7.18. The molecule has 0 aromatic carbocycles. The van der Waals surface area contributed by atoms with E-state index in [-0.39, 0.29) is 0 Å². The lowest BCUT2D eigenvalue weighted by Gasteiger charge is -1.99. The summed E-state index contributed by atoms with van der Waals surface area (Å²) in [7, 11) is 1.88. The molecule has 0 radical (unpaired) electrons. The summed E-state index contributed by atoms with van der Waals surface area (Å²) in [4.78, 5) is 3.90. The molecule has 0 atom stereocenters. The van der Waals surface area contributed by atoms with Crippen molar-refractivity contribution in [1.82, 2.24) is 19.7 Å². The van der Waals surface area contributed by atoms with Crippen LogP contribution in [0.25, 0.3) is 11.4 Å². The van der Waals surface area contributed by atoms with E-state index in [0.717, 1.165) is 11.4 Å². The standard InChI is InChI=1S/C8H9N5/c1-13-5-11-12-8(13)6-2-3-10-7(9)4-6/h2-5H,1H3,(H2,9,10). The Balaban J connectivity index is 2.53. The fourth-order valence-electron chi connectivity index (χ4n) is 1.13. The molecule has 2 heterocycles. The Bertz CT molecular complexity index is 420. The van der Waals surface area contributed by atoms with E-state index in [4.69, 9.17) is 5.73 Å². The molecule has 0 fully saturated rings. The lowest BCUT2D eigenvalue weighted by atomic mass is 10.2. The van der Waals surface area contributed by atoms with Gasteiger partial charge in [0.15, 0.2) is 5.82 Å². The first-order valence-electron chi connectivity index (χ1n) is 3.83. The molecule has 0 aliphatic carbocycles. The number of aryl methyl sites for hydroxylation is 1. The second-order valence-electron chi connectivity index (χ2n) is 2.73. The summed E-state index contributed by atoms with van der Waals surface area (Å²) in [6.45, 7) is 0. The molecular formula is C8H9N5. The Morgan fingerprint density at radius 3 is 2.92 bits per heavy atom. The SMILES string of the molecule is Cn1cnnc1-c1ccnc(N)c1. The maximum absolute atomic E-state index is 5.55. The van der Waals surface area contributed by atoms with Crippen molar-refractivity contribution >= 4 is 5.82 Å². The predicted molar refractivity (Wildman–Crippen MR) is 48.6 cm³/mol. The number of hydrogen-bond acceptors (Lipinski definition) is 4. The normalized spacial score (nSPS) is 10.2. The van der Waals surface area contributed by atoms with Crippen molar-refractivity contribution in [1.29, 1.82) is 0 Å². The highest BCUT2D eigenvalue weighted by Gasteiger charge is 2.03. The molecule has 0 saturated heterocycles. The van der Waals surface area contributed by atoms with Crippen molar-refractivity contribution in [2.24, 2.45) is 7.05 Å². The Morgan fingerprint density at radius 1 is 1.46 bits per heavy atom. The van der Waals surface area contributed by atoms with Crippen LogP contribution in [-0.2, 0) is 7.05 Å². The van der Waals surface area contributed by atoms with Gasteiger partial charge in [0.1, 0.15) is 12.1 Å². The molecular weight excluding hydrogens is 166 g/mol. The third-order valence-electron chi connectivity index (χ3n) is 1.75. The molecule has 2 rings (SSSR count). The van der Waals surface area contributed by atoms with Crippen LogP contribution >= 0.6 is 0 Å². The molecule has 0 aliphatic rings. The van der Waals surface area contributed by atoms with Crippen molar-refractivity contribution < 1.29 is 0 Å². The first-order chi connectivity index (χ1) is 6.27. The van der Waals surface area contributed by atoms with Crippen molar-refractivity contribution in [3.8, 4) is 11.4 Å². The van der Waals surface area contributed by atoms with Crippen LogP contribution in [0.1, 0.15) is 0 Å². The van der Waals surface area contributed by atoms with E-state index in [1.807, 2.05) is 17.7 Å². The van der Waals surface area contributed by atoms with Gasteiger partial charge in [-0.3, -0.25) is 0 Å². The third-order valence-corrected chi connectivity index (χ3v) is 1.75. The van der Waals surface area contributed by atoms with Gasteiger partial charge in [-0.1, -0.05) is 0 Å². The number of anilines is 1. The summed E-state index contributed by atoms with van der Waals surface area (Å²) < 4.78 is 1.83. The number of pyridine rings is 1. The molecule has 0 spiro atoms. The molecule has 2 N–H and O–H groups in total. The molecule has 0 aliphatic heterocycles. The van der Waals surface area contributed by atoms with Crippen molar-refractivity contribution in [3.63, 3.8) is 0 Å². The van der Waals surface area contributed by atoms with Crippen LogP contribution in [0.15, 0.2) is 24.7 Å². The van der Waals surface area contributed by atoms with Gasteiger partial charge in [-0.25, -0.2) is 4.98 Å². The Morgan fingerprint density at radius 2 is 2.31 bits per heavy atom. The Hall–Kier alpha value is -1.91. The minimum absolute atomic E-state index is 0.487. The number of hydrogen-bond donors (Lipinski definition) is 1. The Labute approximate surface area is 75.2 Å². The Kier molecular flexibility index (Phi) is 1.70. The van der Waals surface area contributed by atoms with E-state index in [1.54, 1.807) is 18.6 Å². The van der Waals surface area contributed by atoms with Crippen LogP contribution in [0.3, 0.4) is 0 Å². The highest BCUT2D eigenvalue weighted by molar-refractivity contribution is 5.58. The average molecular weight is 175 g/mol. The molecule has 2 aromatic heterocycles. The maximum atomic E-state index is 5.55. The van der Waals surface area contributed by atoms with Crippen LogP contribution in [0.5, 0.6) is 0 Å². The van der Waals surface area contributed by atoms with Crippen LogP contribution in [0.4, 0.5) is 5.82 Å². The van der Waals surface area contributed by atoms with Gasteiger partial charge in [0, 0.05) is 18.8 Å². The van der Waals surface area contributed by atoms with E-state index in [1.165, 1.54) is 0 Å². The van der Waals surface area contributed by atoms with E-state index in [2.05, 4.69) is 15.2 Å². The van der Waals surface area contributed by atoms with Crippen molar-refractivity contribution in [2.75, 3.05) is 5.73 Å². The number of nitrogens with zero attached hydrogens (tertiary/aromatic N) is 4. The summed E-state index contributed by atoms with van der Waals surface area (Å²) in [5.74, 6) is 1.27. The largest absolute Gasteiger partial charge is 0.384 e. The fourth-order valence-corrected chi connectivity index (χ4v) is 1.13. The van der Waals surface area contributed by atoms with Crippen LogP contribution < -0.4 is 5.73 Å². The van der Waals surface area contributed by atoms with Crippen LogP contribution in [0.2, 0.25) is 0 Å². The topological polar surface area (TPSA) is 69.6 Å². The lowest BCUT2D eigenvalue weighted by molar-refractivity contribution is 0.919. The lowest BCUT2D eigenvalue weighted by Crippen LogP contribution is -1.94. The first kappa shape index (κ1) is 7.72. The van der Waals surface area contributed by atoms with Crippen LogP contribution in [-0.4, -0.2) is 19.7 Å². The molecule has 66 valence electrons. The number of rotatable bonds is 1. The minimum Gasteiger partial charge on any atom is -0.384 e. The summed E-state index contributed by atoms with van der Waals surface area (Å²) in [6, 6.07) is 3.62. The summed E-state index contributed by atoms with van der Waals surface area (Å²) in [5, 5.41) is 7.74. The zero-order chi connectivity index (χ0) is 9.26. The highest BCUT2D eigenvalue weighted by Crippen LogP contribution is 2.15. The summed E-state index contributed by atoms with van der Waals surface area (Å²) in [5.41, 5.74) is 6.47. The molecule has 0 saturated carbocycles. The van der Waals surface area contributed by atoms with Gasteiger partial charge in [0.2, 0.25) is 0 Å². The average Bonchev–Trinajstić information content (AvgIpc) is 2.51. The second-order valence-corrected chi connectivity index (χ2v) is 2.73. The van der Waals surface area contributed by atoms with E-state index in [0.29, 0.717) is 5.82 Å². The monoisotopic (exact) mass is 175 g/mol. The molecule has 5 heteroatoms. The van der Waals surface area contributed by atoms with Gasteiger partial charge < -0.3 is 10.3 Å². The third kappa shape index (κ3) is 1.35. The smallest absolute Gasteiger partial charge is 0.163 e. The van der Waals surface area contributed by atoms with Gasteiger partial charge >= 0.3 is 0 Å². The summed E-state index contributed by atoms with van der Waals surface area (Å²) in [6.07, 6.45) is 3.30. The van der Waals surface area contributed by atoms with E-state index < -0.39 is 0 Å². The molecule has 5 nitrogen and oxygen atoms in total. The van der Waals surface area contributed by atoms with Gasteiger partial charge in [0.25, 0.3) is 0 Å². The van der Waals surface area contributed by atoms with Gasteiger partial charge in [0.05, 0.1) is 0 Å². The predicted octanol–water partition coefficient (Wildman–Crippen LogP) is 0.459. The maximum Gasteiger partial charge on any atom is 0.163 e. The van der Waals surface area contributed by atoms with E-state index >= 15 is 0 Å². The fraction of sp³-hybridized carbons (Fsp3) is 0.125. The van der Waals surface area contributed by atoms with Crippen LogP contribution in [0, 0.1) is 0 Å². The first-order valence-corrected chi connectivity index (χ1v) is 3.83. The van der Waals surface area contributed by atoms with E-state index in [9.17, 15) is 0 Å². The quantitative estimate of drug-likeness (QED) is 0.683. The molecule has 0 unspecified atom stereocenters. The zero-order valence-corrected chi connectivity index (χ0v) is 7.18. The second kappa shape index (κ2) is 2.85. The number of aromatic nitrogens is 4. The summed E-state index contributed by atoms with van der Waals surface area (Å²) >= 11 is 0. The number of nitrogens with two attached hydrogens (primary N) is 1. The van der Waals surface area contributed by atoms with Crippen molar-refractivity contribution in [2.45, 2.75) is 0 Å². The van der Waals surface area contributed by atoms with Crippen molar-refractivity contribution in [3.05, 3.63) is 24.7 Å². The number of nitrogen functional groups attached to an aromatic ring is 1. The molecule has 0 bridgehead atoms. The highest BCUT2D eigenvalue weighted by atomic mass is 15.2. The van der Waals surface area contributed by atoms with Gasteiger partial charge in [-0.05, 0) is 12.1 Å². The molecule has 2 aromatic rings. The van der Waals surface area contributed by atoms with Gasteiger partial charge in [-0.2, -0.15) is 0 Å². The van der Waals surface area contributed by atoms with Gasteiger partial charge in [-0.15, -0.1) is 10.2 Å². The molecule has 0 amide bonds. The minimum atomic E-state index is 0.487. The molecule has 13 heavy (non-hydrogen) atoms.